The van der Waals surface area contributed by atoms with E-state index in [1.807, 2.05) is 19.9 Å². The molecular formula is C10H13N3OS. The number of nitrogens with one attached hydrogen (secondary N) is 1. The van der Waals surface area contributed by atoms with Gasteiger partial charge < -0.3 is 9.84 Å². The zero-order valence-corrected chi connectivity index (χ0v) is 9.60. The third kappa shape index (κ3) is 2.87. The molecule has 2 rings (SSSR count). The van der Waals surface area contributed by atoms with Crippen molar-refractivity contribution in [1.82, 2.24) is 15.5 Å². The third-order valence-corrected chi connectivity index (χ3v) is 2.78. The highest BCUT2D eigenvalue weighted by atomic mass is 32.1. The van der Waals surface area contributed by atoms with Crippen LogP contribution in [0.25, 0.3) is 0 Å². The van der Waals surface area contributed by atoms with Crippen LogP contribution >= 0.6 is 11.3 Å². The molecular weight excluding hydrogens is 210 g/mol. The van der Waals surface area contributed by atoms with Crippen molar-refractivity contribution in [2.45, 2.75) is 26.9 Å². The molecule has 0 aliphatic heterocycles. The van der Waals surface area contributed by atoms with Crippen molar-refractivity contribution in [3.63, 3.8) is 0 Å². The van der Waals surface area contributed by atoms with Crippen molar-refractivity contribution < 1.29 is 4.52 Å². The Labute approximate surface area is 92.3 Å². The van der Waals surface area contributed by atoms with Crippen LogP contribution in [0.15, 0.2) is 16.0 Å². The van der Waals surface area contributed by atoms with Gasteiger partial charge >= 0.3 is 0 Å². The van der Waals surface area contributed by atoms with E-state index in [9.17, 15) is 0 Å². The first-order chi connectivity index (χ1) is 7.24. The summed E-state index contributed by atoms with van der Waals surface area (Å²) in [5.41, 5.74) is 2.01. The fraction of sp³-hybridized carbons (Fsp3) is 0.400. The second kappa shape index (κ2) is 4.55. The average Bonchev–Trinajstić information content (AvgIpc) is 2.76. The maximum atomic E-state index is 4.97. The van der Waals surface area contributed by atoms with Gasteiger partial charge in [0.1, 0.15) is 5.76 Å². The number of rotatable bonds is 4. The molecule has 15 heavy (non-hydrogen) atoms. The second-order valence-electron chi connectivity index (χ2n) is 3.39. The molecule has 2 heterocycles. The summed E-state index contributed by atoms with van der Waals surface area (Å²) >= 11 is 1.67. The molecule has 0 aromatic carbocycles. The highest BCUT2D eigenvalue weighted by Crippen LogP contribution is 2.07. The standard InChI is InChI=1S/C10H13N3OS/c1-7-3-9(13-14-7)4-11-5-10-6-15-8(2)12-10/h3,6,11H,4-5H2,1-2H3. The summed E-state index contributed by atoms with van der Waals surface area (Å²) in [7, 11) is 0. The van der Waals surface area contributed by atoms with Crippen LogP contribution in [0.2, 0.25) is 0 Å². The summed E-state index contributed by atoms with van der Waals surface area (Å²) in [4.78, 5) is 4.36. The lowest BCUT2D eigenvalue weighted by Gasteiger charge is -1.97. The fourth-order valence-corrected chi connectivity index (χ4v) is 1.92. The molecule has 5 heteroatoms. The van der Waals surface area contributed by atoms with Gasteiger partial charge in [0.15, 0.2) is 0 Å². The van der Waals surface area contributed by atoms with E-state index in [2.05, 4.69) is 20.8 Å². The smallest absolute Gasteiger partial charge is 0.133 e. The quantitative estimate of drug-likeness (QED) is 0.861. The number of hydrogen-bond donors (Lipinski definition) is 1. The molecule has 0 atom stereocenters. The Hall–Kier alpha value is -1.20. The van der Waals surface area contributed by atoms with Crippen LogP contribution < -0.4 is 5.32 Å². The molecule has 0 unspecified atom stereocenters. The van der Waals surface area contributed by atoms with Crippen LogP contribution in [-0.2, 0) is 13.1 Å². The van der Waals surface area contributed by atoms with Gasteiger partial charge in [-0.05, 0) is 13.8 Å². The summed E-state index contributed by atoms with van der Waals surface area (Å²) in [5.74, 6) is 0.844. The summed E-state index contributed by atoms with van der Waals surface area (Å²) < 4.78 is 4.97. The largest absolute Gasteiger partial charge is 0.361 e. The Kier molecular flexibility index (Phi) is 3.13. The minimum absolute atomic E-state index is 0.716. The molecule has 4 nitrogen and oxygen atoms in total. The molecule has 1 N–H and O–H groups in total. The molecule has 0 saturated carbocycles. The molecule has 0 aliphatic rings. The number of thiazole rings is 1. The first-order valence-corrected chi connectivity index (χ1v) is 5.66. The molecule has 2 aromatic heterocycles. The molecule has 0 aliphatic carbocycles. The zero-order chi connectivity index (χ0) is 10.7. The van der Waals surface area contributed by atoms with Gasteiger partial charge in [-0.1, -0.05) is 5.16 Å². The minimum atomic E-state index is 0.716. The van der Waals surface area contributed by atoms with Crippen molar-refractivity contribution in [3.05, 3.63) is 33.6 Å². The van der Waals surface area contributed by atoms with Crippen molar-refractivity contribution in [3.8, 4) is 0 Å². The summed E-state index contributed by atoms with van der Waals surface area (Å²) in [5, 5.41) is 10.3. The lowest BCUT2D eigenvalue weighted by molar-refractivity contribution is 0.388. The van der Waals surface area contributed by atoms with Crippen LogP contribution in [0.3, 0.4) is 0 Å². The van der Waals surface area contributed by atoms with E-state index in [0.29, 0.717) is 6.54 Å². The Bertz CT molecular complexity index is 395. The van der Waals surface area contributed by atoms with Crippen molar-refractivity contribution in [1.29, 1.82) is 0 Å². The van der Waals surface area contributed by atoms with E-state index in [1.54, 1.807) is 11.3 Å². The topological polar surface area (TPSA) is 51.0 Å². The second-order valence-corrected chi connectivity index (χ2v) is 4.45. The average molecular weight is 223 g/mol. The van der Waals surface area contributed by atoms with Crippen molar-refractivity contribution >= 4 is 11.3 Å². The summed E-state index contributed by atoms with van der Waals surface area (Å²) in [6.07, 6.45) is 0. The van der Waals surface area contributed by atoms with E-state index < -0.39 is 0 Å². The number of nitrogens with zero attached hydrogens (tertiary/aromatic N) is 2. The van der Waals surface area contributed by atoms with Crippen molar-refractivity contribution in [2.24, 2.45) is 0 Å². The zero-order valence-electron chi connectivity index (χ0n) is 8.78. The van der Waals surface area contributed by atoms with E-state index in [-0.39, 0.29) is 0 Å². The molecule has 0 amide bonds. The van der Waals surface area contributed by atoms with E-state index >= 15 is 0 Å². The predicted octanol–water partition coefficient (Wildman–Crippen LogP) is 2.04. The van der Waals surface area contributed by atoms with Gasteiger partial charge in [0.05, 0.1) is 16.4 Å². The van der Waals surface area contributed by atoms with Gasteiger partial charge in [-0.15, -0.1) is 11.3 Å². The molecule has 0 spiro atoms. The molecule has 2 aromatic rings. The van der Waals surface area contributed by atoms with E-state index in [1.165, 1.54) is 0 Å². The number of aromatic nitrogens is 2. The number of hydrogen-bond acceptors (Lipinski definition) is 5. The Morgan fingerprint density at radius 1 is 1.33 bits per heavy atom. The van der Waals surface area contributed by atoms with Crippen LogP contribution in [0, 0.1) is 13.8 Å². The predicted molar refractivity (Wildman–Crippen MR) is 58.6 cm³/mol. The highest BCUT2D eigenvalue weighted by molar-refractivity contribution is 7.09. The monoisotopic (exact) mass is 223 g/mol. The van der Waals surface area contributed by atoms with Gasteiger partial charge in [-0.25, -0.2) is 4.98 Å². The van der Waals surface area contributed by atoms with Crippen molar-refractivity contribution in [2.75, 3.05) is 0 Å². The maximum absolute atomic E-state index is 4.97. The van der Waals surface area contributed by atoms with Crippen LogP contribution in [0.5, 0.6) is 0 Å². The summed E-state index contributed by atoms with van der Waals surface area (Å²) in [6.45, 7) is 5.39. The number of aryl methyl sites for hydroxylation is 2. The first-order valence-electron chi connectivity index (χ1n) is 4.78. The van der Waals surface area contributed by atoms with E-state index in [0.717, 1.165) is 28.7 Å². The SMILES string of the molecule is Cc1cc(CNCc2csc(C)n2)no1. The van der Waals surface area contributed by atoms with Crippen LogP contribution in [-0.4, -0.2) is 10.1 Å². The summed E-state index contributed by atoms with van der Waals surface area (Å²) in [6, 6.07) is 1.93. The van der Waals surface area contributed by atoms with Gasteiger partial charge in [-0.3, -0.25) is 0 Å². The maximum Gasteiger partial charge on any atom is 0.133 e. The molecule has 80 valence electrons. The Morgan fingerprint density at radius 2 is 2.13 bits per heavy atom. The lowest BCUT2D eigenvalue weighted by atomic mass is 10.3. The Balaban J connectivity index is 1.80. The van der Waals surface area contributed by atoms with Gasteiger partial charge in [0, 0.05) is 24.5 Å². The first kappa shape index (κ1) is 10.3. The molecule has 0 bridgehead atoms. The fourth-order valence-electron chi connectivity index (χ4n) is 1.31. The van der Waals surface area contributed by atoms with E-state index in [4.69, 9.17) is 4.52 Å². The van der Waals surface area contributed by atoms with Crippen LogP contribution in [0.4, 0.5) is 0 Å². The minimum Gasteiger partial charge on any atom is -0.361 e. The highest BCUT2D eigenvalue weighted by Gasteiger charge is 2.01. The lowest BCUT2D eigenvalue weighted by Crippen LogP contribution is -2.13. The van der Waals surface area contributed by atoms with Gasteiger partial charge in [0.25, 0.3) is 0 Å². The van der Waals surface area contributed by atoms with Crippen LogP contribution in [0.1, 0.15) is 22.2 Å². The van der Waals surface area contributed by atoms with Gasteiger partial charge in [0.2, 0.25) is 0 Å². The molecule has 0 radical (unpaired) electrons. The Morgan fingerprint density at radius 3 is 2.73 bits per heavy atom. The normalized spacial score (nSPS) is 10.8. The molecule has 0 saturated heterocycles. The third-order valence-electron chi connectivity index (χ3n) is 1.96. The van der Waals surface area contributed by atoms with Gasteiger partial charge in [-0.2, -0.15) is 0 Å². The molecule has 0 fully saturated rings.